The maximum absolute atomic E-state index is 12.6. The van der Waals surface area contributed by atoms with Crippen molar-refractivity contribution in [2.75, 3.05) is 33.3 Å². The molecule has 0 saturated heterocycles. The van der Waals surface area contributed by atoms with Crippen LogP contribution >= 0.6 is 0 Å². The molecule has 1 N–H and O–H groups in total. The van der Waals surface area contributed by atoms with E-state index >= 15 is 0 Å². The molecule has 2 rings (SSSR count). The summed E-state index contributed by atoms with van der Waals surface area (Å²) in [6.45, 7) is 4.88. The average molecular weight is 373 g/mol. The molecule has 0 spiro atoms. The van der Waals surface area contributed by atoms with Crippen molar-refractivity contribution in [1.82, 2.24) is 0 Å². The molecular formula is C21H27NO5. The summed E-state index contributed by atoms with van der Waals surface area (Å²) in [7, 11) is 4.67. The topological polar surface area (TPSA) is 66.0 Å². The number of hydrogen-bond acceptors (Lipinski definition) is 5. The van der Waals surface area contributed by atoms with E-state index in [9.17, 15) is 4.79 Å². The molecule has 6 heteroatoms. The van der Waals surface area contributed by atoms with Gasteiger partial charge in [-0.1, -0.05) is 13.8 Å². The summed E-state index contributed by atoms with van der Waals surface area (Å²) >= 11 is 0. The molecule has 0 aromatic heterocycles. The van der Waals surface area contributed by atoms with Crippen molar-refractivity contribution in [3.05, 3.63) is 42.0 Å². The highest BCUT2D eigenvalue weighted by Crippen LogP contribution is 2.31. The maximum Gasteiger partial charge on any atom is 0.255 e. The fourth-order valence-corrected chi connectivity index (χ4v) is 2.43. The third-order valence-electron chi connectivity index (χ3n) is 4.04. The van der Waals surface area contributed by atoms with E-state index in [1.807, 2.05) is 0 Å². The molecule has 0 atom stereocenters. The molecule has 146 valence electrons. The van der Waals surface area contributed by atoms with Crippen LogP contribution < -0.4 is 24.3 Å². The molecule has 0 bridgehead atoms. The normalized spacial score (nSPS) is 10.4. The number of nitrogens with one attached hydrogen (secondary N) is 1. The lowest BCUT2D eigenvalue weighted by atomic mass is 10.1. The predicted molar refractivity (Wildman–Crippen MR) is 105 cm³/mol. The number of carbonyl (C=O) groups excluding carboxylic acids is 1. The zero-order chi connectivity index (χ0) is 19.8. The lowest BCUT2D eigenvalue weighted by Crippen LogP contribution is -2.13. The van der Waals surface area contributed by atoms with Crippen LogP contribution in [-0.2, 0) is 0 Å². The highest BCUT2D eigenvalue weighted by Gasteiger charge is 2.14. The number of anilines is 1. The average Bonchev–Trinajstić information content (AvgIpc) is 2.68. The van der Waals surface area contributed by atoms with Crippen LogP contribution in [0.3, 0.4) is 0 Å². The fourth-order valence-electron chi connectivity index (χ4n) is 2.43. The van der Waals surface area contributed by atoms with Gasteiger partial charge in [0.15, 0.2) is 11.5 Å². The van der Waals surface area contributed by atoms with Crippen LogP contribution in [0.2, 0.25) is 0 Å². The van der Waals surface area contributed by atoms with Crippen molar-refractivity contribution in [2.24, 2.45) is 5.92 Å². The van der Waals surface area contributed by atoms with Crippen LogP contribution in [0, 0.1) is 5.92 Å². The van der Waals surface area contributed by atoms with Gasteiger partial charge in [0.25, 0.3) is 5.91 Å². The standard InChI is InChI=1S/C21H27NO5/c1-14(2)10-11-27-18-9-6-15(12-20(18)26-5)21(23)22-17-8-7-16(24-3)13-19(17)25-4/h6-9,12-14H,10-11H2,1-5H3,(H,22,23). The van der Waals surface area contributed by atoms with E-state index in [2.05, 4.69) is 19.2 Å². The molecule has 6 nitrogen and oxygen atoms in total. The van der Waals surface area contributed by atoms with E-state index in [1.54, 1.807) is 50.6 Å². The zero-order valence-electron chi connectivity index (χ0n) is 16.5. The molecule has 27 heavy (non-hydrogen) atoms. The summed E-state index contributed by atoms with van der Waals surface area (Å²) in [4.78, 5) is 12.6. The first-order valence-corrected chi connectivity index (χ1v) is 8.82. The molecule has 0 aliphatic carbocycles. The zero-order valence-corrected chi connectivity index (χ0v) is 16.5. The number of hydrogen-bond donors (Lipinski definition) is 1. The Hall–Kier alpha value is -2.89. The lowest BCUT2D eigenvalue weighted by molar-refractivity contribution is 0.102. The van der Waals surface area contributed by atoms with Crippen molar-refractivity contribution in [3.63, 3.8) is 0 Å². The molecular weight excluding hydrogens is 346 g/mol. The SMILES string of the molecule is COc1ccc(NC(=O)c2ccc(OCCC(C)C)c(OC)c2)c(OC)c1. The van der Waals surface area contributed by atoms with Crippen LogP contribution in [0.5, 0.6) is 23.0 Å². The van der Waals surface area contributed by atoms with Gasteiger partial charge in [-0.25, -0.2) is 0 Å². The van der Waals surface area contributed by atoms with Crippen LogP contribution in [0.25, 0.3) is 0 Å². The van der Waals surface area contributed by atoms with Crippen molar-refractivity contribution in [1.29, 1.82) is 0 Å². The molecule has 0 fully saturated rings. The molecule has 0 radical (unpaired) electrons. The van der Waals surface area contributed by atoms with Gasteiger partial charge in [0.2, 0.25) is 0 Å². The van der Waals surface area contributed by atoms with Gasteiger partial charge in [0.1, 0.15) is 11.5 Å². The summed E-state index contributed by atoms with van der Waals surface area (Å²) in [6, 6.07) is 10.3. The van der Waals surface area contributed by atoms with Gasteiger partial charge in [0.05, 0.1) is 33.6 Å². The van der Waals surface area contributed by atoms with E-state index in [4.69, 9.17) is 18.9 Å². The van der Waals surface area contributed by atoms with Crippen LogP contribution in [-0.4, -0.2) is 33.8 Å². The Morgan fingerprint density at radius 1 is 0.926 bits per heavy atom. The Morgan fingerprint density at radius 2 is 1.67 bits per heavy atom. The summed E-state index contributed by atoms with van der Waals surface area (Å²) < 4.78 is 21.6. The van der Waals surface area contributed by atoms with E-state index in [1.165, 1.54) is 7.11 Å². The van der Waals surface area contributed by atoms with E-state index < -0.39 is 0 Å². The molecule has 0 saturated carbocycles. The van der Waals surface area contributed by atoms with E-state index in [0.717, 1.165) is 6.42 Å². The van der Waals surface area contributed by atoms with Crippen molar-refractivity contribution >= 4 is 11.6 Å². The van der Waals surface area contributed by atoms with Gasteiger partial charge < -0.3 is 24.3 Å². The quantitative estimate of drug-likeness (QED) is 0.706. The van der Waals surface area contributed by atoms with Gasteiger partial charge >= 0.3 is 0 Å². The first-order chi connectivity index (χ1) is 13.0. The Bertz CT molecular complexity index is 773. The second-order valence-corrected chi connectivity index (χ2v) is 6.42. The van der Waals surface area contributed by atoms with E-state index in [0.29, 0.717) is 46.8 Å². The van der Waals surface area contributed by atoms with Gasteiger partial charge in [-0.3, -0.25) is 4.79 Å². The van der Waals surface area contributed by atoms with Gasteiger partial charge in [0, 0.05) is 11.6 Å². The minimum atomic E-state index is -0.273. The predicted octanol–water partition coefficient (Wildman–Crippen LogP) is 4.39. The first-order valence-electron chi connectivity index (χ1n) is 8.82. The maximum atomic E-state index is 12.6. The Labute approximate surface area is 160 Å². The number of ether oxygens (including phenoxy) is 4. The second kappa shape index (κ2) is 9.71. The Kier molecular flexibility index (Phi) is 7.34. The number of methoxy groups -OCH3 is 3. The molecule has 1 amide bonds. The number of carbonyl (C=O) groups is 1. The van der Waals surface area contributed by atoms with Crippen LogP contribution in [0.4, 0.5) is 5.69 Å². The summed E-state index contributed by atoms with van der Waals surface area (Å²) in [5, 5.41) is 2.84. The van der Waals surface area contributed by atoms with E-state index in [-0.39, 0.29) is 5.91 Å². The highest BCUT2D eigenvalue weighted by molar-refractivity contribution is 6.05. The van der Waals surface area contributed by atoms with Crippen molar-refractivity contribution in [2.45, 2.75) is 20.3 Å². The summed E-state index contributed by atoms with van der Waals surface area (Å²) in [6.07, 6.45) is 0.947. The monoisotopic (exact) mass is 373 g/mol. The highest BCUT2D eigenvalue weighted by atomic mass is 16.5. The second-order valence-electron chi connectivity index (χ2n) is 6.42. The minimum absolute atomic E-state index is 0.273. The summed E-state index contributed by atoms with van der Waals surface area (Å²) in [5.41, 5.74) is 1.01. The third-order valence-corrected chi connectivity index (χ3v) is 4.04. The largest absolute Gasteiger partial charge is 0.497 e. The molecule has 2 aromatic rings. The first kappa shape index (κ1) is 20.4. The Balaban J connectivity index is 2.14. The molecule has 2 aromatic carbocycles. The Morgan fingerprint density at radius 3 is 2.30 bits per heavy atom. The van der Waals surface area contributed by atoms with Gasteiger partial charge in [-0.15, -0.1) is 0 Å². The van der Waals surface area contributed by atoms with Crippen molar-refractivity contribution in [3.8, 4) is 23.0 Å². The number of benzene rings is 2. The minimum Gasteiger partial charge on any atom is -0.497 e. The smallest absolute Gasteiger partial charge is 0.255 e. The number of rotatable bonds is 9. The lowest BCUT2D eigenvalue weighted by Gasteiger charge is -2.14. The van der Waals surface area contributed by atoms with Gasteiger partial charge in [-0.05, 0) is 42.7 Å². The van der Waals surface area contributed by atoms with Crippen molar-refractivity contribution < 1.29 is 23.7 Å². The van der Waals surface area contributed by atoms with Gasteiger partial charge in [-0.2, -0.15) is 0 Å². The molecule has 0 heterocycles. The fraction of sp³-hybridized carbons (Fsp3) is 0.381. The molecule has 0 aliphatic rings. The molecule has 0 unspecified atom stereocenters. The summed E-state index contributed by atoms with van der Waals surface area (Å²) in [5.74, 6) is 2.59. The third kappa shape index (κ3) is 5.54. The van der Waals surface area contributed by atoms with Crippen LogP contribution in [0.1, 0.15) is 30.6 Å². The number of amides is 1. The molecule has 0 aliphatic heterocycles. The van der Waals surface area contributed by atoms with Crippen LogP contribution in [0.15, 0.2) is 36.4 Å².